The Hall–Kier alpha value is -1.02. The van der Waals surface area contributed by atoms with E-state index in [4.69, 9.17) is 10.5 Å². The van der Waals surface area contributed by atoms with Crippen LogP contribution in [0.15, 0.2) is 18.2 Å². The fourth-order valence-electron chi connectivity index (χ4n) is 2.98. The molecule has 0 aromatic heterocycles. The zero-order valence-corrected chi connectivity index (χ0v) is 13.3. The van der Waals surface area contributed by atoms with E-state index in [9.17, 15) is 0 Å². The minimum atomic E-state index is 0.161. The first kappa shape index (κ1) is 16.0. The van der Waals surface area contributed by atoms with Crippen LogP contribution in [0, 0.1) is 5.41 Å². The van der Waals surface area contributed by atoms with Crippen LogP contribution in [0.2, 0.25) is 0 Å². The summed E-state index contributed by atoms with van der Waals surface area (Å²) in [6.45, 7) is 12.1. The van der Waals surface area contributed by atoms with E-state index in [1.54, 1.807) is 7.11 Å². The monoisotopic (exact) mass is 263 g/mol. The molecule has 0 spiro atoms. The predicted octanol–water partition coefficient (Wildman–Crippen LogP) is 3.91. The average Bonchev–Trinajstić information content (AvgIpc) is 2.26. The van der Waals surface area contributed by atoms with Gasteiger partial charge in [-0.2, -0.15) is 0 Å². The Balaban J connectivity index is 3.09. The molecule has 0 aliphatic rings. The first-order chi connectivity index (χ1) is 8.69. The molecule has 1 aromatic rings. The highest BCUT2D eigenvalue weighted by Crippen LogP contribution is 2.37. The van der Waals surface area contributed by atoms with Gasteiger partial charge in [0, 0.05) is 0 Å². The highest BCUT2D eigenvalue weighted by Gasteiger charge is 2.27. The third-order valence-corrected chi connectivity index (χ3v) is 3.45. The van der Waals surface area contributed by atoms with Gasteiger partial charge in [-0.05, 0) is 47.4 Å². The van der Waals surface area contributed by atoms with Gasteiger partial charge in [-0.15, -0.1) is 0 Å². The zero-order valence-electron chi connectivity index (χ0n) is 13.3. The van der Waals surface area contributed by atoms with E-state index in [0.717, 1.165) is 18.6 Å². The summed E-state index contributed by atoms with van der Waals surface area (Å²) in [5.41, 5.74) is 8.75. The standard InChI is InChI=1S/C17H29NO/c1-16(2,3)12-17(4,5)14-7-8-15(19-6)13(11-14)9-10-18/h7-8,11H,9-10,12,18H2,1-6H3. The van der Waals surface area contributed by atoms with Crippen LogP contribution >= 0.6 is 0 Å². The molecule has 0 heterocycles. The second kappa shape index (κ2) is 5.96. The summed E-state index contributed by atoms with van der Waals surface area (Å²) < 4.78 is 5.41. The summed E-state index contributed by atoms with van der Waals surface area (Å²) in [5, 5.41) is 0. The molecule has 0 amide bonds. The molecule has 2 N–H and O–H groups in total. The first-order valence-corrected chi connectivity index (χ1v) is 7.07. The van der Waals surface area contributed by atoms with Crippen molar-refractivity contribution in [3.05, 3.63) is 29.3 Å². The van der Waals surface area contributed by atoms with Crippen molar-refractivity contribution in [3.8, 4) is 5.75 Å². The van der Waals surface area contributed by atoms with Gasteiger partial charge in [0.2, 0.25) is 0 Å². The SMILES string of the molecule is COc1ccc(C(C)(C)CC(C)(C)C)cc1CCN. The number of rotatable bonds is 5. The minimum absolute atomic E-state index is 0.161. The van der Waals surface area contributed by atoms with Crippen molar-refractivity contribution in [2.75, 3.05) is 13.7 Å². The first-order valence-electron chi connectivity index (χ1n) is 7.07. The third-order valence-electron chi connectivity index (χ3n) is 3.45. The van der Waals surface area contributed by atoms with Crippen molar-refractivity contribution in [2.45, 2.75) is 52.9 Å². The van der Waals surface area contributed by atoms with Crippen LogP contribution in [0.4, 0.5) is 0 Å². The maximum absolute atomic E-state index is 5.69. The molecule has 0 unspecified atom stereocenters. The molecule has 0 aliphatic heterocycles. The number of methoxy groups -OCH3 is 1. The molecule has 1 rings (SSSR count). The molecule has 19 heavy (non-hydrogen) atoms. The third kappa shape index (κ3) is 4.54. The molecular weight excluding hydrogens is 234 g/mol. The Morgan fingerprint density at radius 2 is 1.74 bits per heavy atom. The maximum atomic E-state index is 5.69. The van der Waals surface area contributed by atoms with E-state index in [1.807, 2.05) is 0 Å². The Bertz CT molecular complexity index is 416. The van der Waals surface area contributed by atoms with Crippen molar-refractivity contribution in [1.29, 1.82) is 0 Å². The van der Waals surface area contributed by atoms with E-state index in [2.05, 4.69) is 52.8 Å². The summed E-state index contributed by atoms with van der Waals surface area (Å²) in [5.74, 6) is 0.945. The quantitative estimate of drug-likeness (QED) is 0.874. The molecule has 0 bridgehead atoms. The molecule has 2 nitrogen and oxygen atoms in total. The fraction of sp³-hybridized carbons (Fsp3) is 0.647. The van der Waals surface area contributed by atoms with Gasteiger partial charge in [-0.1, -0.05) is 46.8 Å². The molecule has 0 aliphatic carbocycles. The lowest BCUT2D eigenvalue weighted by Crippen LogP contribution is -2.25. The van der Waals surface area contributed by atoms with Crippen molar-refractivity contribution >= 4 is 0 Å². The summed E-state index contributed by atoms with van der Waals surface area (Å²) in [6, 6.07) is 6.52. The minimum Gasteiger partial charge on any atom is -0.496 e. The Kier molecular flexibility index (Phi) is 5.03. The average molecular weight is 263 g/mol. The van der Waals surface area contributed by atoms with Crippen molar-refractivity contribution in [1.82, 2.24) is 0 Å². The van der Waals surface area contributed by atoms with E-state index in [0.29, 0.717) is 12.0 Å². The molecule has 2 heteroatoms. The smallest absolute Gasteiger partial charge is 0.122 e. The topological polar surface area (TPSA) is 35.2 Å². The number of benzene rings is 1. The number of ether oxygens (including phenoxy) is 1. The second-order valence-corrected chi connectivity index (χ2v) is 7.19. The summed E-state index contributed by atoms with van der Waals surface area (Å²) in [7, 11) is 1.72. The molecule has 0 fully saturated rings. The van der Waals surface area contributed by atoms with Crippen LogP contribution in [0.5, 0.6) is 5.75 Å². The van der Waals surface area contributed by atoms with Crippen LogP contribution in [-0.2, 0) is 11.8 Å². The molecule has 0 saturated heterocycles. The van der Waals surface area contributed by atoms with Crippen molar-refractivity contribution in [2.24, 2.45) is 11.1 Å². The van der Waals surface area contributed by atoms with E-state index < -0.39 is 0 Å². The van der Waals surface area contributed by atoms with E-state index >= 15 is 0 Å². The summed E-state index contributed by atoms with van der Waals surface area (Å²) >= 11 is 0. The van der Waals surface area contributed by atoms with Crippen LogP contribution in [-0.4, -0.2) is 13.7 Å². The van der Waals surface area contributed by atoms with Crippen molar-refractivity contribution in [3.63, 3.8) is 0 Å². The van der Waals surface area contributed by atoms with Gasteiger partial charge >= 0.3 is 0 Å². The number of nitrogens with two attached hydrogens (primary N) is 1. The van der Waals surface area contributed by atoms with Gasteiger partial charge in [0.15, 0.2) is 0 Å². The lowest BCUT2D eigenvalue weighted by molar-refractivity contribution is 0.284. The van der Waals surface area contributed by atoms with Crippen LogP contribution in [0.1, 0.15) is 52.2 Å². The molecule has 0 radical (unpaired) electrons. The Morgan fingerprint density at radius 3 is 2.21 bits per heavy atom. The Labute approximate surface area is 118 Å². The fourth-order valence-corrected chi connectivity index (χ4v) is 2.98. The molecule has 0 atom stereocenters. The number of hydrogen-bond donors (Lipinski definition) is 1. The molecule has 108 valence electrons. The molecule has 0 saturated carbocycles. The highest BCUT2D eigenvalue weighted by molar-refractivity contribution is 5.40. The molecule has 1 aromatic carbocycles. The van der Waals surface area contributed by atoms with Crippen LogP contribution in [0.25, 0.3) is 0 Å². The van der Waals surface area contributed by atoms with Crippen LogP contribution in [0.3, 0.4) is 0 Å². The molecular formula is C17H29NO. The lowest BCUT2D eigenvalue weighted by atomic mass is 9.72. The van der Waals surface area contributed by atoms with Gasteiger partial charge in [-0.3, -0.25) is 0 Å². The van der Waals surface area contributed by atoms with Crippen molar-refractivity contribution < 1.29 is 4.74 Å². The van der Waals surface area contributed by atoms with Crippen LogP contribution < -0.4 is 10.5 Å². The number of hydrogen-bond acceptors (Lipinski definition) is 2. The highest BCUT2D eigenvalue weighted by atomic mass is 16.5. The van der Waals surface area contributed by atoms with Gasteiger partial charge in [0.1, 0.15) is 5.75 Å². The second-order valence-electron chi connectivity index (χ2n) is 7.19. The predicted molar refractivity (Wildman–Crippen MR) is 82.9 cm³/mol. The normalized spacial score (nSPS) is 12.6. The summed E-state index contributed by atoms with van der Waals surface area (Å²) in [4.78, 5) is 0. The van der Waals surface area contributed by atoms with Gasteiger partial charge < -0.3 is 10.5 Å². The largest absolute Gasteiger partial charge is 0.496 e. The van der Waals surface area contributed by atoms with E-state index in [-0.39, 0.29) is 5.41 Å². The van der Waals surface area contributed by atoms with Gasteiger partial charge in [0.05, 0.1) is 7.11 Å². The van der Waals surface area contributed by atoms with Gasteiger partial charge in [0.25, 0.3) is 0 Å². The lowest BCUT2D eigenvalue weighted by Gasteiger charge is -2.33. The zero-order chi connectivity index (χ0) is 14.7. The Morgan fingerprint density at radius 1 is 1.11 bits per heavy atom. The van der Waals surface area contributed by atoms with E-state index in [1.165, 1.54) is 11.1 Å². The maximum Gasteiger partial charge on any atom is 0.122 e. The summed E-state index contributed by atoms with van der Waals surface area (Å²) in [6.07, 6.45) is 2.01. The van der Waals surface area contributed by atoms with Gasteiger partial charge in [-0.25, -0.2) is 0 Å².